The zero-order chi connectivity index (χ0) is 12.4. The summed E-state index contributed by atoms with van der Waals surface area (Å²) in [5.74, 6) is 0.778. The van der Waals surface area contributed by atoms with Crippen LogP contribution in [0, 0.1) is 0 Å². The molecule has 0 unspecified atom stereocenters. The molecule has 2 atom stereocenters. The maximum Gasteiger partial charge on any atom is 0.410 e. The van der Waals surface area contributed by atoms with E-state index in [4.69, 9.17) is 9.47 Å². The van der Waals surface area contributed by atoms with E-state index in [9.17, 15) is 4.79 Å². The standard InChI is InChI=1S/C13H17NO3/c1-4-14-9(2)12(17-13(14)15)10-6-5-7-11(8-10)16-3/h5-9,12H,4H2,1-3H3/t9-,12-/m0/s1. The summed E-state index contributed by atoms with van der Waals surface area (Å²) in [7, 11) is 1.63. The lowest BCUT2D eigenvalue weighted by atomic mass is 10.0. The smallest absolute Gasteiger partial charge is 0.410 e. The fraction of sp³-hybridized carbons (Fsp3) is 0.462. The Kier molecular flexibility index (Phi) is 3.22. The predicted molar refractivity (Wildman–Crippen MR) is 64.1 cm³/mol. The highest BCUT2D eigenvalue weighted by Gasteiger charge is 2.38. The first-order valence-electron chi connectivity index (χ1n) is 5.78. The minimum absolute atomic E-state index is 0.0552. The number of methoxy groups -OCH3 is 1. The first kappa shape index (κ1) is 11.8. The van der Waals surface area contributed by atoms with Crippen molar-refractivity contribution in [1.82, 2.24) is 4.90 Å². The van der Waals surface area contributed by atoms with Gasteiger partial charge in [0.1, 0.15) is 11.9 Å². The van der Waals surface area contributed by atoms with Crippen LogP contribution in [0.15, 0.2) is 24.3 Å². The molecule has 4 nitrogen and oxygen atoms in total. The Hall–Kier alpha value is -1.71. The summed E-state index contributed by atoms with van der Waals surface area (Å²) in [5.41, 5.74) is 0.973. The van der Waals surface area contributed by atoms with E-state index < -0.39 is 0 Å². The third-order valence-corrected chi connectivity index (χ3v) is 3.16. The Labute approximate surface area is 101 Å². The minimum atomic E-state index is -0.243. The quantitative estimate of drug-likeness (QED) is 0.808. The normalized spacial score (nSPS) is 23.7. The molecule has 0 saturated carbocycles. The number of hydrogen-bond acceptors (Lipinski definition) is 3. The fourth-order valence-corrected chi connectivity index (χ4v) is 2.19. The van der Waals surface area contributed by atoms with Crippen molar-refractivity contribution in [2.45, 2.75) is 26.0 Å². The molecule has 4 heteroatoms. The average molecular weight is 235 g/mol. The Morgan fingerprint density at radius 1 is 1.47 bits per heavy atom. The van der Waals surface area contributed by atoms with Gasteiger partial charge in [-0.3, -0.25) is 0 Å². The largest absolute Gasteiger partial charge is 0.497 e. The van der Waals surface area contributed by atoms with Gasteiger partial charge in [-0.25, -0.2) is 4.79 Å². The van der Waals surface area contributed by atoms with Crippen molar-refractivity contribution in [2.24, 2.45) is 0 Å². The first-order chi connectivity index (χ1) is 8.17. The lowest BCUT2D eigenvalue weighted by Gasteiger charge is -2.19. The highest BCUT2D eigenvalue weighted by atomic mass is 16.6. The summed E-state index contributed by atoms with van der Waals surface area (Å²) >= 11 is 0. The Morgan fingerprint density at radius 3 is 2.82 bits per heavy atom. The van der Waals surface area contributed by atoms with Crippen LogP contribution in [0.5, 0.6) is 5.75 Å². The SMILES string of the molecule is CCN1C(=O)O[C@H](c2cccc(OC)c2)[C@@H]1C. The van der Waals surface area contributed by atoms with Crippen LogP contribution in [0.25, 0.3) is 0 Å². The highest BCUT2D eigenvalue weighted by Crippen LogP contribution is 2.33. The van der Waals surface area contributed by atoms with E-state index in [0.29, 0.717) is 6.54 Å². The molecular formula is C13H17NO3. The summed E-state index contributed by atoms with van der Waals surface area (Å²) in [6, 6.07) is 7.70. The third kappa shape index (κ3) is 2.07. The van der Waals surface area contributed by atoms with Crippen LogP contribution in [-0.4, -0.2) is 30.7 Å². The molecule has 17 heavy (non-hydrogen) atoms. The van der Waals surface area contributed by atoms with Gasteiger partial charge in [0, 0.05) is 6.54 Å². The molecule has 0 bridgehead atoms. The molecule has 2 rings (SSSR count). The number of amides is 1. The van der Waals surface area contributed by atoms with Crippen LogP contribution in [0.4, 0.5) is 4.79 Å². The predicted octanol–water partition coefficient (Wildman–Crippen LogP) is 2.60. The number of likely N-dealkylation sites (N-methyl/N-ethyl adjacent to an activating group) is 1. The topological polar surface area (TPSA) is 38.8 Å². The van der Waals surface area contributed by atoms with Gasteiger partial charge in [-0.2, -0.15) is 0 Å². The number of carbonyl (C=O) groups is 1. The molecular weight excluding hydrogens is 218 g/mol. The number of hydrogen-bond donors (Lipinski definition) is 0. The van der Waals surface area contributed by atoms with E-state index >= 15 is 0 Å². The van der Waals surface area contributed by atoms with Crippen LogP contribution in [0.2, 0.25) is 0 Å². The van der Waals surface area contributed by atoms with Crippen molar-refractivity contribution >= 4 is 6.09 Å². The Balaban J connectivity index is 2.25. The van der Waals surface area contributed by atoms with Crippen molar-refractivity contribution < 1.29 is 14.3 Å². The van der Waals surface area contributed by atoms with Crippen molar-refractivity contribution in [1.29, 1.82) is 0 Å². The molecule has 0 aromatic heterocycles. The molecule has 1 aliphatic heterocycles. The molecule has 1 amide bonds. The van der Waals surface area contributed by atoms with Crippen molar-refractivity contribution in [3.63, 3.8) is 0 Å². The lowest BCUT2D eigenvalue weighted by Crippen LogP contribution is -2.31. The van der Waals surface area contributed by atoms with Gasteiger partial charge in [0.15, 0.2) is 0 Å². The van der Waals surface area contributed by atoms with Crippen LogP contribution in [0.1, 0.15) is 25.5 Å². The number of ether oxygens (including phenoxy) is 2. The maximum absolute atomic E-state index is 11.6. The van der Waals surface area contributed by atoms with Crippen molar-refractivity contribution in [3.05, 3.63) is 29.8 Å². The molecule has 0 radical (unpaired) electrons. The van der Waals surface area contributed by atoms with E-state index in [1.165, 1.54) is 0 Å². The molecule has 1 aromatic rings. The van der Waals surface area contributed by atoms with Gasteiger partial charge in [0.2, 0.25) is 0 Å². The first-order valence-corrected chi connectivity index (χ1v) is 5.78. The van der Waals surface area contributed by atoms with Gasteiger partial charge in [-0.15, -0.1) is 0 Å². The van der Waals surface area contributed by atoms with Crippen LogP contribution in [-0.2, 0) is 4.74 Å². The molecule has 1 aromatic carbocycles. The zero-order valence-electron chi connectivity index (χ0n) is 10.3. The zero-order valence-corrected chi connectivity index (χ0v) is 10.3. The fourth-order valence-electron chi connectivity index (χ4n) is 2.19. The van der Waals surface area contributed by atoms with Crippen molar-refractivity contribution in [2.75, 3.05) is 13.7 Å². The van der Waals surface area contributed by atoms with Crippen LogP contribution < -0.4 is 4.74 Å². The molecule has 0 N–H and O–H groups in total. The maximum atomic E-state index is 11.6. The number of nitrogens with zero attached hydrogens (tertiary/aromatic N) is 1. The minimum Gasteiger partial charge on any atom is -0.497 e. The van der Waals surface area contributed by atoms with E-state index in [1.807, 2.05) is 38.1 Å². The Morgan fingerprint density at radius 2 is 2.24 bits per heavy atom. The van der Waals surface area contributed by atoms with Crippen LogP contribution >= 0.6 is 0 Å². The second-order valence-corrected chi connectivity index (χ2v) is 4.11. The summed E-state index contributed by atoms with van der Waals surface area (Å²) in [5, 5.41) is 0. The molecule has 1 heterocycles. The number of rotatable bonds is 3. The highest BCUT2D eigenvalue weighted by molar-refractivity contribution is 5.71. The molecule has 0 spiro atoms. The molecule has 1 aliphatic rings. The van der Waals surface area contributed by atoms with Gasteiger partial charge >= 0.3 is 6.09 Å². The summed E-state index contributed by atoms with van der Waals surface area (Å²) in [4.78, 5) is 13.4. The summed E-state index contributed by atoms with van der Waals surface area (Å²) in [6.07, 6.45) is -0.453. The van der Waals surface area contributed by atoms with E-state index in [0.717, 1.165) is 11.3 Å². The van der Waals surface area contributed by atoms with Gasteiger partial charge in [0.05, 0.1) is 13.2 Å². The molecule has 92 valence electrons. The second-order valence-electron chi connectivity index (χ2n) is 4.11. The summed E-state index contributed by atoms with van der Waals surface area (Å²) < 4.78 is 10.6. The molecule has 1 saturated heterocycles. The van der Waals surface area contributed by atoms with Gasteiger partial charge in [0.25, 0.3) is 0 Å². The third-order valence-electron chi connectivity index (χ3n) is 3.16. The lowest BCUT2D eigenvalue weighted by molar-refractivity contribution is 0.130. The van der Waals surface area contributed by atoms with Gasteiger partial charge in [-0.1, -0.05) is 12.1 Å². The molecule has 1 fully saturated rings. The van der Waals surface area contributed by atoms with Crippen molar-refractivity contribution in [3.8, 4) is 5.75 Å². The van der Waals surface area contributed by atoms with E-state index in [-0.39, 0.29) is 18.2 Å². The number of benzene rings is 1. The number of carbonyl (C=O) groups excluding carboxylic acids is 1. The second kappa shape index (κ2) is 4.65. The van der Waals surface area contributed by atoms with Gasteiger partial charge in [-0.05, 0) is 31.5 Å². The number of cyclic esters (lactones) is 1. The van der Waals surface area contributed by atoms with E-state index in [1.54, 1.807) is 12.0 Å². The average Bonchev–Trinajstić information content (AvgIpc) is 2.64. The summed E-state index contributed by atoms with van der Waals surface area (Å²) in [6.45, 7) is 4.62. The molecule has 0 aliphatic carbocycles. The monoisotopic (exact) mass is 235 g/mol. The van der Waals surface area contributed by atoms with E-state index in [2.05, 4.69) is 0 Å². The van der Waals surface area contributed by atoms with Gasteiger partial charge < -0.3 is 14.4 Å². The Bertz CT molecular complexity index is 419. The van der Waals surface area contributed by atoms with Crippen LogP contribution in [0.3, 0.4) is 0 Å².